The summed E-state index contributed by atoms with van der Waals surface area (Å²) in [5.74, 6) is 0. The molecule has 0 aliphatic carbocycles. The molecule has 3 rings (SSSR count). The molecule has 1 aliphatic rings. The Morgan fingerprint density at radius 2 is 1.76 bits per heavy atom. The van der Waals surface area contributed by atoms with Gasteiger partial charge in [-0.05, 0) is 42.3 Å². The molecule has 2 aromatic rings. The highest BCUT2D eigenvalue weighted by atomic mass is 35.5. The zero-order valence-corrected chi connectivity index (χ0v) is 13.0. The van der Waals surface area contributed by atoms with Crippen LogP contribution in [0.2, 0.25) is 5.02 Å². The zero-order valence-electron chi connectivity index (χ0n) is 12.2. The Labute approximate surface area is 132 Å². The molecule has 21 heavy (non-hydrogen) atoms. The van der Waals surface area contributed by atoms with Crippen molar-refractivity contribution in [3.05, 3.63) is 59.1 Å². The second-order valence-corrected chi connectivity index (χ2v) is 6.11. The van der Waals surface area contributed by atoms with Crippen LogP contribution >= 0.6 is 11.6 Å². The van der Waals surface area contributed by atoms with Gasteiger partial charge in [0, 0.05) is 11.6 Å². The van der Waals surface area contributed by atoms with Crippen LogP contribution in [0.15, 0.2) is 48.5 Å². The predicted molar refractivity (Wildman–Crippen MR) is 91.0 cm³/mol. The van der Waals surface area contributed by atoms with Crippen molar-refractivity contribution in [1.29, 1.82) is 0 Å². The van der Waals surface area contributed by atoms with Gasteiger partial charge in [-0.2, -0.15) is 0 Å². The number of hydrogen-bond donors (Lipinski definition) is 0. The maximum Gasteiger partial charge on any atom is 0.361 e. The van der Waals surface area contributed by atoms with Crippen LogP contribution in [0, 0.1) is 0 Å². The van der Waals surface area contributed by atoms with E-state index < -0.39 is 0 Å². The number of rotatable bonds is 1. The smallest absolute Gasteiger partial charge is 0.361 e. The van der Waals surface area contributed by atoms with Gasteiger partial charge in [-0.3, -0.25) is 0 Å². The lowest BCUT2D eigenvalue weighted by molar-refractivity contribution is 0.317. The van der Waals surface area contributed by atoms with Gasteiger partial charge in [0.2, 0.25) is 0 Å². The van der Waals surface area contributed by atoms with Crippen LogP contribution in [0.5, 0.6) is 0 Å². The topological polar surface area (TPSA) is 9.23 Å². The van der Waals surface area contributed by atoms with Crippen molar-refractivity contribution in [1.82, 2.24) is 0 Å². The summed E-state index contributed by atoms with van der Waals surface area (Å²) in [7, 11) is 0. The molecule has 0 bridgehead atoms. The molecule has 0 fully saturated rings. The lowest BCUT2D eigenvalue weighted by Crippen LogP contribution is -2.47. The molecule has 0 spiro atoms. The molecule has 0 saturated carbocycles. The molecule has 3 heteroatoms. The van der Waals surface area contributed by atoms with Gasteiger partial charge < -0.3 is 4.65 Å². The third kappa shape index (κ3) is 3.69. The van der Waals surface area contributed by atoms with Gasteiger partial charge in [0.05, 0.1) is 0 Å². The molecule has 1 aliphatic heterocycles. The minimum Gasteiger partial charge on any atom is -0.427 e. The van der Waals surface area contributed by atoms with Crippen LogP contribution in [0.3, 0.4) is 0 Å². The third-order valence-electron chi connectivity index (χ3n) is 4.11. The summed E-state index contributed by atoms with van der Waals surface area (Å²) < 4.78 is 6.23. The van der Waals surface area contributed by atoms with Crippen molar-refractivity contribution in [3.8, 4) is 0 Å². The monoisotopic (exact) mass is 298 g/mol. The van der Waals surface area contributed by atoms with E-state index in [2.05, 4.69) is 30.3 Å². The van der Waals surface area contributed by atoms with Crippen LogP contribution in [-0.2, 0) is 11.1 Å². The van der Waals surface area contributed by atoms with Crippen LogP contribution < -0.4 is 10.9 Å². The predicted octanol–water partition coefficient (Wildman–Crippen LogP) is 3.58. The first-order valence-corrected chi connectivity index (χ1v) is 8.17. The highest BCUT2D eigenvalue weighted by Gasteiger charge is 2.24. The molecule has 0 aromatic heterocycles. The molecular formula is C18H20BClO. The van der Waals surface area contributed by atoms with Crippen molar-refractivity contribution in [2.24, 2.45) is 0 Å². The maximum atomic E-state index is 6.23. The second-order valence-electron chi connectivity index (χ2n) is 5.67. The van der Waals surface area contributed by atoms with Crippen LogP contribution in [0.4, 0.5) is 0 Å². The van der Waals surface area contributed by atoms with Crippen LogP contribution in [-0.4, -0.2) is 13.5 Å². The number of hydrogen-bond acceptors (Lipinski definition) is 1. The summed E-state index contributed by atoms with van der Waals surface area (Å²) in [6.45, 7) is 0.809. The summed E-state index contributed by atoms with van der Waals surface area (Å²) in [6.07, 6.45) is 6.08. The van der Waals surface area contributed by atoms with E-state index in [9.17, 15) is 0 Å². The van der Waals surface area contributed by atoms with Crippen LogP contribution in [0.25, 0.3) is 0 Å². The average molecular weight is 299 g/mol. The summed E-state index contributed by atoms with van der Waals surface area (Å²) in [5.41, 5.74) is 3.85. The van der Waals surface area contributed by atoms with E-state index in [1.807, 2.05) is 18.2 Å². The molecule has 0 amide bonds. The van der Waals surface area contributed by atoms with E-state index in [1.165, 1.54) is 30.3 Å². The van der Waals surface area contributed by atoms with Gasteiger partial charge in [-0.1, -0.05) is 66.4 Å². The number of benzene rings is 2. The summed E-state index contributed by atoms with van der Waals surface area (Å²) in [6, 6.07) is 16.7. The van der Waals surface area contributed by atoms with Crippen molar-refractivity contribution < 1.29 is 4.65 Å². The normalized spacial score (nSPS) is 16.3. The van der Waals surface area contributed by atoms with E-state index >= 15 is 0 Å². The average Bonchev–Trinajstić information content (AvgIpc) is 2.51. The first kappa shape index (κ1) is 14.7. The van der Waals surface area contributed by atoms with Crippen molar-refractivity contribution >= 4 is 29.4 Å². The Bertz CT molecular complexity index is 599. The number of aryl methyl sites for hydroxylation is 1. The molecule has 0 N–H and O–H groups in total. The number of fused-ring (bicyclic) bond motifs is 1. The highest BCUT2D eigenvalue weighted by Crippen LogP contribution is 2.12. The van der Waals surface area contributed by atoms with Gasteiger partial charge in [-0.15, -0.1) is 0 Å². The maximum absolute atomic E-state index is 6.23. The minimum absolute atomic E-state index is 0.00185. The highest BCUT2D eigenvalue weighted by molar-refractivity contribution is 6.80. The van der Waals surface area contributed by atoms with Gasteiger partial charge in [0.15, 0.2) is 0 Å². The third-order valence-corrected chi connectivity index (χ3v) is 4.35. The van der Waals surface area contributed by atoms with Gasteiger partial charge in [0.25, 0.3) is 0 Å². The van der Waals surface area contributed by atoms with Crippen LogP contribution in [0.1, 0.15) is 31.2 Å². The molecule has 1 heterocycles. The molecule has 0 atom stereocenters. The quantitative estimate of drug-likeness (QED) is 0.731. The Balaban J connectivity index is 2.00. The molecule has 1 nitrogen and oxygen atoms in total. The van der Waals surface area contributed by atoms with Gasteiger partial charge in [0.1, 0.15) is 0 Å². The molecule has 2 aromatic carbocycles. The zero-order chi connectivity index (χ0) is 14.5. The van der Waals surface area contributed by atoms with Gasteiger partial charge >= 0.3 is 6.92 Å². The standard InChI is InChI=1S/C18H20BClO/c20-17-11-7-10-16(14-17)19-18-12-5-4-9-15(18)8-3-1-2-6-13-21-19/h4-5,7,9-12,14H,1-3,6,8,13H2. The molecular weight excluding hydrogens is 278 g/mol. The Morgan fingerprint density at radius 1 is 0.905 bits per heavy atom. The van der Waals surface area contributed by atoms with E-state index in [0.29, 0.717) is 0 Å². The fourth-order valence-electron chi connectivity index (χ4n) is 3.03. The first-order chi connectivity index (χ1) is 10.3. The van der Waals surface area contributed by atoms with E-state index in [4.69, 9.17) is 16.3 Å². The summed E-state index contributed by atoms with van der Waals surface area (Å²) >= 11 is 6.17. The first-order valence-electron chi connectivity index (χ1n) is 7.79. The fourth-order valence-corrected chi connectivity index (χ4v) is 3.22. The van der Waals surface area contributed by atoms with Gasteiger partial charge in [-0.25, -0.2) is 0 Å². The lowest BCUT2D eigenvalue weighted by Gasteiger charge is -2.20. The van der Waals surface area contributed by atoms with E-state index in [0.717, 1.165) is 29.9 Å². The lowest BCUT2D eigenvalue weighted by atomic mass is 9.53. The van der Waals surface area contributed by atoms with E-state index in [1.54, 1.807) is 0 Å². The summed E-state index contributed by atoms with van der Waals surface area (Å²) in [4.78, 5) is 0. The SMILES string of the molecule is Clc1cccc(B2OCCCCCCc3ccccc32)c1. The largest absolute Gasteiger partial charge is 0.427 e. The Hall–Kier alpha value is -1.25. The fraction of sp³-hybridized carbons (Fsp3) is 0.333. The van der Waals surface area contributed by atoms with Crippen molar-refractivity contribution in [2.45, 2.75) is 32.1 Å². The summed E-state index contributed by atoms with van der Waals surface area (Å²) in [5, 5.41) is 0.769. The Kier molecular flexibility index (Phi) is 5.00. The molecule has 0 saturated heterocycles. The molecule has 0 radical (unpaired) electrons. The molecule has 0 unspecified atom stereocenters. The van der Waals surface area contributed by atoms with Crippen molar-refractivity contribution in [3.63, 3.8) is 0 Å². The minimum atomic E-state index is -0.00185. The second kappa shape index (κ2) is 7.15. The van der Waals surface area contributed by atoms with E-state index in [-0.39, 0.29) is 6.92 Å². The Morgan fingerprint density at radius 3 is 2.67 bits per heavy atom. The number of halogens is 1. The molecule has 108 valence electrons. The van der Waals surface area contributed by atoms with Crippen molar-refractivity contribution in [2.75, 3.05) is 6.61 Å².